The summed E-state index contributed by atoms with van der Waals surface area (Å²) in [4.78, 5) is 38.2. The Morgan fingerprint density at radius 2 is 1.84 bits per heavy atom. The van der Waals surface area contributed by atoms with E-state index in [0.717, 1.165) is 35.6 Å². The molecule has 3 rings (SSSR count). The van der Waals surface area contributed by atoms with Crippen molar-refractivity contribution < 1.29 is 31.6 Å². The molecule has 4 amide bonds. The molecule has 170 valence electrons. The van der Waals surface area contributed by atoms with E-state index in [1.165, 1.54) is 0 Å². The lowest BCUT2D eigenvalue weighted by atomic mass is 9.64. The highest BCUT2D eigenvalue weighted by Gasteiger charge is 2.56. The Balaban J connectivity index is 1.68. The SMILES string of the molecule is C[C@H]1CC(C)(C)C[C@]2(C1)NC(=O)N(CC(=O)Nc1ccc(S(=O)(=O)C(F)F)cc1)C2=O. The molecule has 1 saturated heterocycles. The Labute approximate surface area is 179 Å². The van der Waals surface area contributed by atoms with Crippen LogP contribution < -0.4 is 10.6 Å². The minimum Gasteiger partial charge on any atom is -0.325 e. The number of nitrogens with one attached hydrogen (secondary N) is 2. The first-order chi connectivity index (χ1) is 14.3. The summed E-state index contributed by atoms with van der Waals surface area (Å²) in [6.07, 6.45) is 1.90. The first-order valence-corrected chi connectivity index (χ1v) is 11.4. The number of hydrogen-bond acceptors (Lipinski definition) is 5. The van der Waals surface area contributed by atoms with E-state index in [0.29, 0.717) is 12.8 Å². The first kappa shape index (κ1) is 23.1. The molecule has 1 aromatic rings. The number of rotatable bonds is 5. The number of alkyl halides is 2. The van der Waals surface area contributed by atoms with Crippen molar-refractivity contribution in [2.75, 3.05) is 11.9 Å². The summed E-state index contributed by atoms with van der Waals surface area (Å²) in [7, 11) is -4.74. The van der Waals surface area contributed by atoms with Gasteiger partial charge in [0.25, 0.3) is 5.91 Å². The van der Waals surface area contributed by atoms with Gasteiger partial charge in [-0.05, 0) is 54.9 Å². The average molecular weight is 457 g/mol. The van der Waals surface area contributed by atoms with Crippen molar-refractivity contribution in [1.29, 1.82) is 0 Å². The molecular formula is C20H25F2N3O5S. The van der Waals surface area contributed by atoms with Crippen LogP contribution in [0, 0.1) is 11.3 Å². The molecule has 1 aliphatic heterocycles. The Kier molecular flexibility index (Phi) is 5.85. The first-order valence-electron chi connectivity index (χ1n) is 9.82. The zero-order chi connectivity index (χ0) is 23.2. The molecule has 0 aromatic heterocycles. The number of benzene rings is 1. The minimum absolute atomic E-state index is 0.140. The molecule has 1 aromatic carbocycles. The lowest BCUT2D eigenvalue weighted by Gasteiger charge is -2.43. The molecule has 8 nitrogen and oxygen atoms in total. The highest BCUT2D eigenvalue weighted by Crippen LogP contribution is 2.46. The largest absolute Gasteiger partial charge is 0.341 e. The van der Waals surface area contributed by atoms with Crippen LogP contribution in [0.3, 0.4) is 0 Å². The van der Waals surface area contributed by atoms with E-state index in [1.807, 2.05) is 20.8 Å². The topological polar surface area (TPSA) is 113 Å². The average Bonchev–Trinajstić information content (AvgIpc) is 2.83. The lowest BCUT2D eigenvalue weighted by molar-refractivity contribution is -0.136. The molecule has 0 bridgehead atoms. The van der Waals surface area contributed by atoms with E-state index in [-0.39, 0.29) is 17.0 Å². The number of anilines is 1. The fourth-order valence-corrected chi connectivity index (χ4v) is 5.55. The molecule has 2 atom stereocenters. The van der Waals surface area contributed by atoms with Crippen molar-refractivity contribution in [2.45, 2.75) is 56.2 Å². The van der Waals surface area contributed by atoms with Crippen LogP contribution in [-0.2, 0) is 19.4 Å². The summed E-state index contributed by atoms with van der Waals surface area (Å²) in [5, 5.41) is 5.22. The van der Waals surface area contributed by atoms with E-state index in [1.54, 1.807) is 0 Å². The van der Waals surface area contributed by atoms with Crippen molar-refractivity contribution in [3.8, 4) is 0 Å². The van der Waals surface area contributed by atoms with Gasteiger partial charge < -0.3 is 10.6 Å². The van der Waals surface area contributed by atoms with Gasteiger partial charge in [-0.15, -0.1) is 0 Å². The van der Waals surface area contributed by atoms with Gasteiger partial charge in [-0.1, -0.05) is 20.8 Å². The van der Waals surface area contributed by atoms with Crippen LogP contribution in [0.15, 0.2) is 29.2 Å². The summed E-state index contributed by atoms with van der Waals surface area (Å²) in [5.74, 6) is -4.43. The standard InChI is InChI=1S/C20H25F2N3O5S/c1-12-8-19(2,3)11-20(9-12)16(27)25(18(28)24-20)10-15(26)23-13-4-6-14(7-5-13)31(29,30)17(21)22/h4-7,12,17H,8-11H2,1-3H3,(H,23,26)(H,24,28)/t12-,20-/m0/s1. The summed E-state index contributed by atoms with van der Waals surface area (Å²) < 4.78 is 48.1. The number of sulfone groups is 1. The number of carbonyl (C=O) groups is 3. The highest BCUT2D eigenvalue weighted by molar-refractivity contribution is 7.91. The summed E-state index contributed by atoms with van der Waals surface area (Å²) in [5.41, 5.74) is -1.02. The molecule has 0 radical (unpaired) electrons. The Morgan fingerprint density at radius 1 is 1.23 bits per heavy atom. The molecule has 1 aliphatic carbocycles. The van der Waals surface area contributed by atoms with Gasteiger partial charge in [0, 0.05) is 5.69 Å². The molecule has 2 aliphatic rings. The van der Waals surface area contributed by atoms with Gasteiger partial charge in [0.05, 0.1) is 4.90 Å². The van der Waals surface area contributed by atoms with E-state index < -0.39 is 50.4 Å². The second kappa shape index (κ2) is 7.85. The Bertz CT molecular complexity index is 1010. The smallest absolute Gasteiger partial charge is 0.325 e. The Hall–Kier alpha value is -2.56. The van der Waals surface area contributed by atoms with Crippen molar-refractivity contribution in [3.63, 3.8) is 0 Å². The van der Waals surface area contributed by atoms with Crippen LogP contribution in [0.4, 0.5) is 19.3 Å². The predicted molar refractivity (Wildman–Crippen MR) is 108 cm³/mol. The van der Waals surface area contributed by atoms with E-state index in [9.17, 15) is 31.6 Å². The van der Waals surface area contributed by atoms with Gasteiger partial charge in [-0.25, -0.2) is 13.2 Å². The van der Waals surface area contributed by atoms with Crippen LogP contribution in [-0.4, -0.2) is 49.0 Å². The second-order valence-electron chi connectivity index (χ2n) is 9.14. The number of urea groups is 1. The monoisotopic (exact) mass is 457 g/mol. The fraction of sp³-hybridized carbons (Fsp3) is 0.550. The van der Waals surface area contributed by atoms with Crippen molar-refractivity contribution >= 4 is 33.4 Å². The van der Waals surface area contributed by atoms with Crippen molar-refractivity contribution in [1.82, 2.24) is 10.2 Å². The third kappa shape index (κ3) is 4.56. The minimum atomic E-state index is -4.74. The van der Waals surface area contributed by atoms with Gasteiger partial charge in [0.1, 0.15) is 12.1 Å². The predicted octanol–water partition coefficient (Wildman–Crippen LogP) is 2.76. The third-order valence-electron chi connectivity index (χ3n) is 5.63. The number of hydrogen-bond donors (Lipinski definition) is 2. The maximum absolute atomic E-state index is 13.1. The van der Waals surface area contributed by atoms with Gasteiger partial charge in [0.15, 0.2) is 0 Å². The maximum Gasteiger partial charge on any atom is 0.341 e. The highest BCUT2D eigenvalue weighted by atomic mass is 32.2. The number of carbonyl (C=O) groups excluding carboxylic acids is 3. The van der Waals surface area contributed by atoms with Gasteiger partial charge in [-0.2, -0.15) is 8.78 Å². The number of amides is 4. The van der Waals surface area contributed by atoms with Crippen LogP contribution in [0.1, 0.15) is 40.0 Å². The molecule has 31 heavy (non-hydrogen) atoms. The zero-order valence-electron chi connectivity index (χ0n) is 17.4. The fourth-order valence-electron chi connectivity index (χ4n) is 4.82. The van der Waals surface area contributed by atoms with E-state index in [2.05, 4.69) is 10.6 Å². The van der Waals surface area contributed by atoms with Crippen molar-refractivity contribution in [3.05, 3.63) is 24.3 Å². The van der Waals surface area contributed by atoms with Gasteiger partial charge in [-0.3, -0.25) is 14.5 Å². The molecule has 2 fully saturated rings. The third-order valence-corrected chi connectivity index (χ3v) is 7.03. The molecular weight excluding hydrogens is 432 g/mol. The lowest BCUT2D eigenvalue weighted by Crippen LogP contribution is -2.54. The van der Waals surface area contributed by atoms with Crippen LogP contribution >= 0.6 is 0 Å². The van der Waals surface area contributed by atoms with Crippen LogP contribution in [0.5, 0.6) is 0 Å². The zero-order valence-corrected chi connectivity index (χ0v) is 18.3. The van der Waals surface area contributed by atoms with Gasteiger partial charge >= 0.3 is 11.8 Å². The van der Waals surface area contributed by atoms with Gasteiger partial charge in [0.2, 0.25) is 15.7 Å². The van der Waals surface area contributed by atoms with E-state index in [4.69, 9.17) is 0 Å². The number of imide groups is 1. The molecule has 11 heteroatoms. The summed E-state index contributed by atoms with van der Waals surface area (Å²) in [6, 6.07) is 3.58. The summed E-state index contributed by atoms with van der Waals surface area (Å²) >= 11 is 0. The summed E-state index contributed by atoms with van der Waals surface area (Å²) in [6.45, 7) is 5.59. The van der Waals surface area contributed by atoms with Crippen molar-refractivity contribution in [2.24, 2.45) is 11.3 Å². The molecule has 2 N–H and O–H groups in total. The molecule has 1 heterocycles. The Morgan fingerprint density at radius 3 is 2.39 bits per heavy atom. The molecule has 0 unspecified atom stereocenters. The normalized spacial score (nSPS) is 25.7. The second-order valence-corrected chi connectivity index (χ2v) is 11.1. The van der Waals surface area contributed by atoms with Crippen LogP contribution in [0.25, 0.3) is 0 Å². The number of halogens is 2. The maximum atomic E-state index is 13.1. The molecule has 1 spiro atoms. The number of nitrogens with zero attached hydrogens (tertiary/aromatic N) is 1. The van der Waals surface area contributed by atoms with Crippen LogP contribution in [0.2, 0.25) is 0 Å². The van der Waals surface area contributed by atoms with E-state index >= 15 is 0 Å². The quantitative estimate of drug-likeness (QED) is 0.661. The molecule has 1 saturated carbocycles.